The largest absolute Gasteiger partial charge is 0.345 e. The maximum Gasteiger partial charge on any atom is 0.317 e. The molecule has 1 N–H and O–H groups in total. The third-order valence-corrected chi connectivity index (χ3v) is 3.73. The summed E-state index contributed by atoms with van der Waals surface area (Å²) in [7, 11) is 1.86. The van der Waals surface area contributed by atoms with E-state index in [0.717, 1.165) is 25.9 Å². The Labute approximate surface area is 129 Å². The van der Waals surface area contributed by atoms with E-state index in [0.29, 0.717) is 24.9 Å². The molecule has 0 aromatic carbocycles. The van der Waals surface area contributed by atoms with Gasteiger partial charge < -0.3 is 15.1 Å². The molecule has 1 aliphatic heterocycles. The lowest BCUT2D eigenvalue weighted by Gasteiger charge is -2.34. The second-order valence-electron chi connectivity index (χ2n) is 6.98. The van der Waals surface area contributed by atoms with E-state index in [-0.39, 0.29) is 17.9 Å². The van der Waals surface area contributed by atoms with Gasteiger partial charge in [-0.3, -0.25) is 4.79 Å². The monoisotopic (exact) mass is 297 g/mol. The molecule has 1 aliphatic rings. The van der Waals surface area contributed by atoms with Crippen LogP contribution in [0, 0.1) is 17.8 Å². The molecule has 122 valence electrons. The van der Waals surface area contributed by atoms with Crippen molar-refractivity contribution in [2.24, 2.45) is 17.8 Å². The summed E-state index contributed by atoms with van der Waals surface area (Å²) in [6.45, 7) is 11.1. The van der Waals surface area contributed by atoms with Gasteiger partial charge in [0.25, 0.3) is 0 Å². The highest BCUT2D eigenvalue weighted by Gasteiger charge is 2.30. The predicted octanol–water partition coefficient (Wildman–Crippen LogP) is 2.18. The number of nitrogens with zero attached hydrogens (tertiary/aromatic N) is 2. The maximum absolute atomic E-state index is 12.4. The lowest BCUT2D eigenvalue weighted by Crippen LogP contribution is -2.49. The number of carbonyl (C=O) groups excluding carboxylic acids is 2. The Bertz CT molecular complexity index is 355. The summed E-state index contributed by atoms with van der Waals surface area (Å²) in [5.41, 5.74) is 0. The van der Waals surface area contributed by atoms with Gasteiger partial charge in [0.1, 0.15) is 0 Å². The Kier molecular flexibility index (Phi) is 6.99. The highest BCUT2D eigenvalue weighted by atomic mass is 16.2. The van der Waals surface area contributed by atoms with Crippen LogP contribution in [0.1, 0.15) is 40.5 Å². The number of amides is 3. The number of carbonyl (C=O) groups is 2. The molecule has 0 spiro atoms. The van der Waals surface area contributed by atoms with Crippen LogP contribution in [0.25, 0.3) is 0 Å². The van der Waals surface area contributed by atoms with E-state index in [2.05, 4.69) is 33.0 Å². The molecule has 0 saturated carbocycles. The van der Waals surface area contributed by atoms with Crippen LogP contribution in [0.15, 0.2) is 0 Å². The molecule has 21 heavy (non-hydrogen) atoms. The lowest BCUT2D eigenvalue weighted by atomic mass is 9.96. The molecule has 1 atom stereocenters. The molecular formula is C16H31N3O2. The first-order chi connectivity index (χ1) is 9.81. The highest BCUT2D eigenvalue weighted by molar-refractivity contribution is 5.80. The summed E-state index contributed by atoms with van der Waals surface area (Å²) < 4.78 is 0. The van der Waals surface area contributed by atoms with Crippen LogP contribution in [0.5, 0.6) is 0 Å². The first-order valence-electron chi connectivity index (χ1n) is 8.09. The van der Waals surface area contributed by atoms with Gasteiger partial charge >= 0.3 is 6.03 Å². The number of likely N-dealkylation sites (tertiary alicyclic amines) is 1. The topological polar surface area (TPSA) is 52.7 Å². The number of piperidine rings is 1. The number of rotatable bonds is 5. The zero-order valence-corrected chi connectivity index (χ0v) is 14.2. The Balaban J connectivity index is 2.51. The van der Waals surface area contributed by atoms with Crippen molar-refractivity contribution in [3.05, 3.63) is 0 Å². The Hall–Kier alpha value is -1.26. The van der Waals surface area contributed by atoms with E-state index >= 15 is 0 Å². The standard InChI is InChI=1S/C16H31N3O2/c1-12(2)9-17-16(21)19-8-6-7-14(11-19)15(20)18(5)10-13(3)4/h12-14H,6-11H2,1-5H3,(H,17,21)/t14-/m1/s1. The fourth-order valence-electron chi connectivity index (χ4n) is 2.72. The number of urea groups is 1. The summed E-state index contributed by atoms with van der Waals surface area (Å²) in [6, 6.07) is -0.0345. The second-order valence-corrected chi connectivity index (χ2v) is 6.98. The van der Waals surface area contributed by atoms with Crippen molar-refractivity contribution >= 4 is 11.9 Å². The van der Waals surface area contributed by atoms with E-state index in [1.54, 1.807) is 4.90 Å². The van der Waals surface area contributed by atoms with Crippen molar-refractivity contribution in [3.63, 3.8) is 0 Å². The van der Waals surface area contributed by atoms with Gasteiger partial charge in [0, 0.05) is 33.2 Å². The first kappa shape index (κ1) is 17.8. The minimum Gasteiger partial charge on any atom is -0.345 e. The van der Waals surface area contributed by atoms with E-state index in [1.807, 2.05) is 11.9 Å². The molecule has 0 aromatic rings. The lowest BCUT2D eigenvalue weighted by molar-refractivity contribution is -0.136. The molecular weight excluding hydrogens is 266 g/mol. The van der Waals surface area contributed by atoms with Crippen LogP contribution in [-0.2, 0) is 4.79 Å². The molecule has 1 heterocycles. The van der Waals surface area contributed by atoms with Gasteiger partial charge in [0.05, 0.1) is 5.92 Å². The van der Waals surface area contributed by atoms with Crippen molar-refractivity contribution in [2.75, 3.05) is 33.2 Å². The zero-order chi connectivity index (χ0) is 16.0. The minimum absolute atomic E-state index is 0.0345. The number of hydrogen-bond acceptors (Lipinski definition) is 2. The molecule has 3 amide bonds. The normalized spacial score (nSPS) is 19.0. The first-order valence-corrected chi connectivity index (χ1v) is 8.09. The molecule has 5 heteroatoms. The molecule has 1 saturated heterocycles. The fraction of sp³-hybridized carbons (Fsp3) is 0.875. The van der Waals surface area contributed by atoms with Gasteiger partial charge in [-0.15, -0.1) is 0 Å². The van der Waals surface area contributed by atoms with Gasteiger partial charge in [-0.2, -0.15) is 0 Å². The van der Waals surface area contributed by atoms with Crippen molar-refractivity contribution in [3.8, 4) is 0 Å². The van der Waals surface area contributed by atoms with Gasteiger partial charge in [-0.05, 0) is 24.7 Å². The van der Waals surface area contributed by atoms with Crippen LogP contribution < -0.4 is 5.32 Å². The summed E-state index contributed by atoms with van der Waals surface area (Å²) in [5.74, 6) is 1.03. The average molecular weight is 297 g/mol. The van der Waals surface area contributed by atoms with Crippen LogP contribution >= 0.6 is 0 Å². The third-order valence-electron chi connectivity index (χ3n) is 3.73. The molecule has 5 nitrogen and oxygen atoms in total. The molecule has 0 unspecified atom stereocenters. The van der Waals surface area contributed by atoms with Gasteiger partial charge in [0.15, 0.2) is 0 Å². The van der Waals surface area contributed by atoms with E-state index in [9.17, 15) is 9.59 Å². The Morgan fingerprint density at radius 3 is 2.48 bits per heavy atom. The second kappa shape index (κ2) is 8.25. The van der Waals surface area contributed by atoms with Crippen molar-refractivity contribution < 1.29 is 9.59 Å². The Morgan fingerprint density at radius 2 is 1.90 bits per heavy atom. The summed E-state index contributed by atoms with van der Waals surface area (Å²) >= 11 is 0. The SMILES string of the molecule is CC(C)CNC(=O)N1CCC[C@@H](C(=O)N(C)CC(C)C)C1. The number of nitrogens with one attached hydrogen (secondary N) is 1. The van der Waals surface area contributed by atoms with Crippen LogP contribution in [-0.4, -0.2) is 55.0 Å². The van der Waals surface area contributed by atoms with Crippen LogP contribution in [0.3, 0.4) is 0 Å². The summed E-state index contributed by atoms with van der Waals surface area (Å²) in [4.78, 5) is 28.1. The predicted molar refractivity (Wildman–Crippen MR) is 85.0 cm³/mol. The molecule has 1 rings (SSSR count). The zero-order valence-electron chi connectivity index (χ0n) is 14.2. The van der Waals surface area contributed by atoms with Gasteiger partial charge in [-0.1, -0.05) is 27.7 Å². The molecule has 1 fully saturated rings. The fourth-order valence-corrected chi connectivity index (χ4v) is 2.72. The van der Waals surface area contributed by atoms with Gasteiger partial charge in [0.2, 0.25) is 5.91 Å². The third kappa shape index (κ3) is 5.94. The summed E-state index contributed by atoms with van der Waals surface area (Å²) in [6.07, 6.45) is 1.79. The quantitative estimate of drug-likeness (QED) is 0.845. The smallest absolute Gasteiger partial charge is 0.317 e. The van der Waals surface area contributed by atoms with Crippen LogP contribution in [0.4, 0.5) is 4.79 Å². The minimum atomic E-state index is -0.0488. The van der Waals surface area contributed by atoms with Crippen molar-refractivity contribution in [1.82, 2.24) is 15.1 Å². The van der Waals surface area contributed by atoms with Crippen LogP contribution in [0.2, 0.25) is 0 Å². The molecule has 0 aromatic heterocycles. The van der Waals surface area contributed by atoms with Crippen molar-refractivity contribution in [2.45, 2.75) is 40.5 Å². The van der Waals surface area contributed by atoms with Crippen molar-refractivity contribution in [1.29, 1.82) is 0 Å². The van der Waals surface area contributed by atoms with E-state index in [4.69, 9.17) is 0 Å². The Morgan fingerprint density at radius 1 is 1.24 bits per heavy atom. The van der Waals surface area contributed by atoms with Gasteiger partial charge in [-0.25, -0.2) is 4.79 Å². The number of hydrogen-bond donors (Lipinski definition) is 1. The molecule has 0 bridgehead atoms. The molecule has 0 aliphatic carbocycles. The summed E-state index contributed by atoms with van der Waals surface area (Å²) in [5, 5.41) is 2.93. The average Bonchev–Trinajstić information content (AvgIpc) is 2.43. The van der Waals surface area contributed by atoms with E-state index < -0.39 is 0 Å². The van der Waals surface area contributed by atoms with E-state index in [1.165, 1.54) is 0 Å². The highest BCUT2D eigenvalue weighted by Crippen LogP contribution is 2.19. The maximum atomic E-state index is 12.4. The molecule has 0 radical (unpaired) electrons.